The summed E-state index contributed by atoms with van der Waals surface area (Å²) in [6.45, 7) is 3.15. The van der Waals surface area contributed by atoms with Crippen LogP contribution in [0, 0.1) is 5.82 Å². The molecule has 0 saturated carbocycles. The van der Waals surface area contributed by atoms with Gasteiger partial charge in [0.05, 0.1) is 19.2 Å². The van der Waals surface area contributed by atoms with E-state index in [0.717, 1.165) is 13.0 Å². The molecule has 1 rings (SSSR count). The van der Waals surface area contributed by atoms with Gasteiger partial charge in [-0.2, -0.15) is 0 Å². The van der Waals surface area contributed by atoms with Crippen LogP contribution in [0.2, 0.25) is 0 Å². The second kappa shape index (κ2) is 6.35. The molecule has 0 spiro atoms. The standard InChI is InChI=1S/C13H18FNO2/c1-4-7-15(2)9-12(16)11-8-10(14)5-6-13(11)17-3/h5-6,8H,4,7,9H2,1-3H3. The number of ketones is 1. The topological polar surface area (TPSA) is 29.5 Å². The molecule has 0 heterocycles. The largest absolute Gasteiger partial charge is 0.496 e. The summed E-state index contributed by atoms with van der Waals surface area (Å²) < 4.78 is 18.2. The molecular weight excluding hydrogens is 221 g/mol. The van der Waals surface area contributed by atoms with Crippen LogP contribution >= 0.6 is 0 Å². The number of halogens is 1. The number of hydrogen-bond acceptors (Lipinski definition) is 3. The number of rotatable bonds is 6. The summed E-state index contributed by atoms with van der Waals surface area (Å²) in [5.74, 6) is -0.133. The number of hydrogen-bond donors (Lipinski definition) is 0. The van der Waals surface area contributed by atoms with Gasteiger partial charge in [0.1, 0.15) is 11.6 Å². The van der Waals surface area contributed by atoms with Crippen LogP contribution in [0.25, 0.3) is 0 Å². The number of carbonyl (C=O) groups is 1. The first-order valence-corrected chi connectivity index (χ1v) is 5.63. The van der Waals surface area contributed by atoms with Crippen LogP contribution in [-0.2, 0) is 0 Å². The Balaban J connectivity index is 2.83. The summed E-state index contributed by atoms with van der Waals surface area (Å²) in [5.41, 5.74) is 0.301. The average molecular weight is 239 g/mol. The zero-order valence-electron chi connectivity index (χ0n) is 10.5. The molecule has 0 amide bonds. The second-order valence-electron chi connectivity index (χ2n) is 4.01. The van der Waals surface area contributed by atoms with E-state index in [4.69, 9.17) is 4.74 Å². The predicted molar refractivity (Wildman–Crippen MR) is 65.1 cm³/mol. The molecule has 0 N–H and O–H groups in total. The molecule has 0 aliphatic carbocycles. The Morgan fingerprint density at radius 3 is 2.76 bits per heavy atom. The minimum absolute atomic E-state index is 0.127. The first-order chi connectivity index (χ1) is 8.08. The van der Waals surface area contributed by atoms with Gasteiger partial charge in [0.25, 0.3) is 0 Å². The Hall–Kier alpha value is -1.42. The third-order valence-electron chi connectivity index (χ3n) is 2.48. The fraction of sp³-hybridized carbons (Fsp3) is 0.462. The van der Waals surface area contributed by atoms with Crippen molar-refractivity contribution in [3.8, 4) is 5.75 Å². The third-order valence-corrected chi connectivity index (χ3v) is 2.48. The van der Waals surface area contributed by atoms with Crippen molar-refractivity contribution in [2.75, 3.05) is 27.2 Å². The Morgan fingerprint density at radius 2 is 2.18 bits per heavy atom. The smallest absolute Gasteiger partial charge is 0.180 e. The van der Waals surface area contributed by atoms with Crippen molar-refractivity contribution in [3.63, 3.8) is 0 Å². The van der Waals surface area contributed by atoms with Gasteiger partial charge in [0, 0.05) is 0 Å². The zero-order valence-corrected chi connectivity index (χ0v) is 10.5. The molecule has 94 valence electrons. The minimum Gasteiger partial charge on any atom is -0.496 e. The van der Waals surface area contributed by atoms with Gasteiger partial charge in [-0.25, -0.2) is 4.39 Å². The first kappa shape index (κ1) is 13.6. The van der Waals surface area contributed by atoms with E-state index < -0.39 is 5.82 Å². The molecule has 0 saturated heterocycles. The number of likely N-dealkylation sites (N-methyl/N-ethyl adjacent to an activating group) is 1. The van der Waals surface area contributed by atoms with Crippen molar-refractivity contribution >= 4 is 5.78 Å². The fourth-order valence-corrected chi connectivity index (χ4v) is 1.69. The van der Waals surface area contributed by atoms with Crippen LogP contribution in [0.1, 0.15) is 23.7 Å². The zero-order chi connectivity index (χ0) is 12.8. The van der Waals surface area contributed by atoms with Gasteiger partial charge in [-0.3, -0.25) is 9.69 Å². The number of methoxy groups -OCH3 is 1. The second-order valence-corrected chi connectivity index (χ2v) is 4.01. The molecule has 17 heavy (non-hydrogen) atoms. The molecule has 3 nitrogen and oxygen atoms in total. The van der Waals surface area contributed by atoms with Crippen LogP contribution in [0.5, 0.6) is 5.75 Å². The average Bonchev–Trinajstić information content (AvgIpc) is 2.29. The van der Waals surface area contributed by atoms with E-state index >= 15 is 0 Å². The molecule has 0 atom stereocenters. The Bertz CT molecular complexity index is 393. The Morgan fingerprint density at radius 1 is 1.47 bits per heavy atom. The van der Waals surface area contributed by atoms with Crippen molar-refractivity contribution in [1.29, 1.82) is 0 Å². The van der Waals surface area contributed by atoms with Crippen molar-refractivity contribution in [1.82, 2.24) is 4.90 Å². The lowest BCUT2D eigenvalue weighted by molar-refractivity contribution is 0.0943. The molecule has 0 unspecified atom stereocenters. The van der Waals surface area contributed by atoms with E-state index in [0.29, 0.717) is 11.3 Å². The minimum atomic E-state index is -0.424. The highest BCUT2D eigenvalue weighted by Gasteiger charge is 2.14. The summed E-state index contributed by atoms with van der Waals surface area (Å²) in [6, 6.07) is 3.98. The molecule has 4 heteroatoms. The maximum Gasteiger partial charge on any atom is 0.180 e. The van der Waals surface area contributed by atoms with Gasteiger partial charge in [-0.05, 0) is 38.2 Å². The SMILES string of the molecule is CCCN(C)CC(=O)c1cc(F)ccc1OC. The third kappa shape index (κ3) is 3.82. The maximum absolute atomic E-state index is 13.1. The van der Waals surface area contributed by atoms with Crippen LogP contribution in [0.15, 0.2) is 18.2 Å². The quantitative estimate of drug-likeness (QED) is 0.714. The Kier molecular flexibility index (Phi) is 5.10. The van der Waals surface area contributed by atoms with Crippen molar-refractivity contribution in [2.45, 2.75) is 13.3 Å². The molecule has 1 aromatic carbocycles. The van der Waals surface area contributed by atoms with Crippen LogP contribution in [0.3, 0.4) is 0 Å². The van der Waals surface area contributed by atoms with Gasteiger partial charge < -0.3 is 4.74 Å². The van der Waals surface area contributed by atoms with Crippen LogP contribution in [0.4, 0.5) is 4.39 Å². The normalized spacial score (nSPS) is 10.6. The van der Waals surface area contributed by atoms with E-state index in [1.807, 2.05) is 18.9 Å². The van der Waals surface area contributed by atoms with Crippen LogP contribution < -0.4 is 4.74 Å². The number of carbonyl (C=O) groups excluding carboxylic acids is 1. The van der Waals surface area contributed by atoms with Crippen molar-refractivity contribution in [2.24, 2.45) is 0 Å². The molecule has 0 fully saturated rings. The summed E-state index contributed by atoms with van der Waals surface area (Å²) in [7, 11) is 3.34. The van der Waals surface area contributed by atoms with E-state index in [1.54, 1.807) is 0 Å². The van der Waals surface area contributed by atoms with Crippen molar-refractivity contribution in [3.05, 3.63) is 29.6 Å². The molecule has 0 aliphatic rings. The van der Waals surface area contributed by atoms with E-state index in [9.17, 15) is 9.18 Å². The summed E-state index contributed by atoms with van der Waals surface area (Å²) in [4.78, 5) is 13.9. The van der Waals surface area contributed by atoms with Gasteiger partial charge in [0.15, 0.2) is 5.78 Å². The van der Waals surface area contributed by atoms with Crippen molar-refractivity contribution < 1.29 is 13.9 Å². The first-order valence-electron chi connectivity index (χ1n) is 5.63. The molecule has 0 aliphatic heterocycles. The number of benzene rings is 1. The predicted octanol–water partition coefficient (Wildman–Crippen LogP) is 2.36. The van der Waals surface area contributed by atoms with E-state index in [-0.39, 0.29) is 12.3 Å². The number of nitrogens with zero attached hydrogens (tertiary/aromatic N) is 1. The Labute approximate surface area is 101 Å². The maximum atomic E-state index is 13.1. The lowest BCUT2D eigenvalue weighted by Crippen LogP contribution is -2.27. The monoisotopic (exact) mass is 239 g/mol. The van der Waals surface area contributed by atoms with Crippen LogP contribution in [-0.4, -0.2) is 37.9 Å². The molecule has 0 aromatic heterocycles. The lowest BCUT2D eigenvalue weighted by atomic mass is 10.1. The summed E-state index contributed by atoms with van der Waals surface area (Å²) in [5, 5.41) is 0. The highest BCUT2D eigenvalue weighted by Crippen LogP contribution is 2.20. The molecule has 0 bridgehead atoms. The molecular formula is C13H18FNO2. The highest BCUT2D eigenvalue weighted by atomic mass is 19.1. The molecule has 0 radical (unpaired) electrons. The lowest BCUT2D eigenvalue weighted by Gasteiger charge is -2.15. The fourth-order valence-electron chi connectivity index (χ4n) is 1.69. The van der Waals surface area contributed by atoms with Gasteiger partial charge in [0.2, 0.25) is 0 Å². The van der Waals surface area contributed by atoms with Gasteiger partial charge in [-0.1, -0.05) is 6.92 Å². The summed E-state index contributed by atoms with van der Waals surface area (Å²) >= 11 is 0. The van der Waals surface area contributed by atoms with E-state index in [1.165, 1.54) is 25.3 Å². The highest BCUT2D eigenvalue weighted by molar-refractivity contribution is 6.00. The molecule has 1 aromatic rings. The van der Waals surface area contributed by atoms with E-state index in [2.05, 4.69) is 0 Å². The number of Topliss-reactive ketones (excluding diaryl/α,β-unsaturated/α-hetero) is 1. The van der Waals surface area contributed by atoms with Gasteiger partial charge >= 0.3 is 0 Å². The number of ether oxygens (including phenoxy) is 1. The van der Waals surface area contributed by atoms with Gasteiger partial charge in [-0.15, -0.1) is 0 Å². The summed E-state index contributed by atoms with van der Waals surface area (Å²) in [6.07, 6.45) is 0.976.